The Morgan fingerprint density at radius 3 is 2.44 bits per heavy atom. The summed E-state index contributed by atoms with van der Waals surface area (Å²) >= 11 is 0. The third-order valence-corrected chi connectivity index (χ3v) is 5.39. The van der Waals surface area contributed by atoms with E-state index in [9.17, 15) is 8.42 Å². The van der Waals surface area contributed by atoms with Gasteiger partial charge >= 0.3 is 0 Å². The van der Waals surface area contributed by atoms with Crippen LogP contribution in [0.4, 0.5) is 0 Å². The van der Waals surface area contributed by atoms with Gasteiger partial charge in [-0.3, -0.25) is 0 Å². The lowest BCUT2D eigenvalue weighted by molar-refractivity contribution is 0.215. The Morgan fingerprint density at radius 2 is 1.88 bits per heavy atom. The maximum absolute atomic E-state index is 11.7. The topological polar surface area (TPSA) is 49.4 Å². The van der Waals surface area contributed by atoms with E-state index in [-0.39, 0.29) is 11.3 Å². The minimum absolute atomic E-state index is 0.0451. The second kappa shape index (κ2) is 5.02. The number of piperidine rings is 1. The van der Waals surface area contributed by atoms with E-state index < -0.39 is 10.0 Å². The Balaban J connectivity index is 1.76. The van der Waals surface area contributed by atoms with Crippen molar-refractivity contribution in [2.75, 3.05) is 19.6 Å². The average molecular weight is 246 g/mol. The molecule has 2 rings (SSSR count). The molecule has 0 bridgehead atoms. The molecular formula is C11H22N2O2S. The van der Waals surface area contributed by atoms with Crippen molar-refractivity contribution in [3.8, 4) is 0 Å². The number of likely N-dealkylation sites (tertiary alicyclic amines) is 1. The summed E-state index contributed by atoms with van der Waals surface area (Å²) in [7, 11) is -3.01. The Labute approximate surface area is 98.4 Å². The molecule has 1 saturated heterocycles. The van der Waals surface area contributed by atoms with E-state index in [1.165, 1.54) is 19.3 Å². The predicted molar refractivity (Wildman–Crippen MR) is 64.8 cm³/mol. The second-order valence-electron chi connectivity index (χ2n) is 5.12. The molecule has 1 saturated carbocycles. The molecule has 2 fully saturated rings. The number of rotatable bonds is 5. The van der Waals surface area contributed by atoms with Crippen molar-refractivity contribution < 1.29 is 8.42 Å². The molecule has 1 N–H and O–H groups in total. The fourth-order valence-corrected chi connectivity index (χ4v) is 3.91. The quantitative estimate of drug-likeness (QED) is 0.785. The minimum atomic E-state index is -3.01. The van der Waals surface area contributed by atoms with Crippen molar-refractivity contribution in [1.29, 1.82) is 0 Å². The van der Waals surface area contributed by atoms with Gasteiger partial charge in [0.2, 0.25) is 10.0 Å². The molecule has 1 unspecified atom stereocenters. The maximum atomic E-state index is 11.7. The van der Waals surface area contributed by atoms with Gasteiger partial charge in [-0.1, -0.05) is 6.42 Å². The van der Waals surface area contributed by atoms with Crippen LogP contribution < -0.4 is 4.72 Å². The van der Waals surface area contributed by atoms with E-state index in [4.69, 9.17) is 0 Å². The first-order chi connectivity index (χ1) is 7.58. The Hall–Kier alpha value is -0.130. The fraction of sp³-hybridized carbons (Fsp3) is 1.00. The normalized spacial score (nSPS) is 25.6. The fourth-order valence-electron chi connectivity index (χ4n) is 2.32. The number of nitrogens with one attached hydrogen (secondary N) is 1. The van der Waals surface area contributed by atoms with Gasteiger partial charge in [0.25, 0.3) is 0 Å². The minimum Gasteiger partial charge on any atom is -0.302 e. The molecule has 94 valence electrons. The zero-order valence-electron chi connectivity index (χ0n) is 9.98. The van der Waals surface area contributed by atoms with Crippen LogP contribution in [0, 0.1) is 0 Å². The van der Waals surface area contributed by atoms with Crippen LogP contribution in [-0.2, 0) is 10.0 Å². The maximum Gasteiger partial charge on any atom is 0.214 e. The van der Waals surface area contributed by atoms with Crippen LogP contribution in [0.3, 0.4) is 0 Å². The Morgan fingerprint density at radius 1 is 1.25 bits per heavy atom. The lowest BCUT2D eigenvalue weighted by atomic mass is 10.1. The summed E-state index contributed by atoms with van der Waals surface area (Å²) in [6, 6.07) is 0.0451. The van der Waals surface area contributed by atoms with Crippen LogP contribution >= 0.6 is 0 Å². The second-order valence-corrected chi connectivity index (χ2v) is 7.12. The molecule has 1 heterocycles. The number of hydrogen-bond acceptors (Lipinski definition) is 3. The van der Waals surface area contributed by atoms with E-state index in [0.717, 1.165) is 32.5 Å². The number of hydrogen-bond donors (Lipinski definition) is 1. The third kappa shape index (κ3) is 3.43. The summed E-state index contributed by atoms with van der Waals surface area (Å²) in [5.41, 5.74) is 0. The highest BCUT2D eigenvalue weighted by Crippen LogP contribution is 2.27. The van der Waals surface area contributed by atoms with E-state index in [1.807, 2.05) is 6.92 Å². The van der Waals surface area contributed by atoms with Crippen LogP contribution in [0.5, 0.6) is 0 Å². The molecule has 0 aromatic carbocycles. The third-order valence-electron chi connectivity index (χ3n) is 3.31. The molecule has 0 radical (unpaired) electrons. The molecule has 5 heteroatoms. The van der Waals surface area contributed by atoms with Gasteiger partial charge in [-0.2, -0.15) is 0 Å². The molecule has 1 atom stereocenters. The van der Waals surface area contributed by atoms with Crippen LogP contribution in [0.1, 0.15) is 39.0 Å². The average Bonchev–Trinajstić information content (AvgIpc) is 3.01. The lowest BCUT2D eigenvalue weighted by Crippen LogP contribution is -2.44. The summed E-state index contributed by atoms with van der Waals surface area (Å²) in [5, 5.41) is -0.101. The predicted octanol–water partition coefficient (Wildman–Crippen LogP) is 0.943. The first-order valence-electron chi connectivity index (χ1n) is 6.31. The van der Waals surface area contributed by atoms with Gasteiger partial charge in [-0.25, -0.2) is 13.1 Å². The highest BCUT2D eigenvalue weighted by molar-refractivity contribution is 7.90. The molecule has 4 nitrogen and oxygen atoms in total. The van der Waals surface area contributed by atoms with Crippen LogP contribution in [-0.4, -0.2) is 44.2 Å². The summed E-state index contributed by atoms with van der Waals surface area (Å²) in [6.07, 6.45) is 5.50. The molecule has 1 aliphatic carbocycles. The zero-order valence-corrected chi connectivity index (χ0v) is 10.8. The van der Waals surface area contributed by atoms with Crippen molar-refractivity contribution >= 4 is 10.0 Å². The Kier molecular flexibility index (Phi) is 3.87. The molecule has 2 aliphatic rings. The standard InChI is InChI=1S/C11H22N2O2S/c1-10(9-13-7-3-2-4-8-13)12-16(14,15)11-5-6-11/h10-12H,2-9H2,1H3. The molecule has 0 aromatic heterocycles. The highest BCUT2D eigenvalue weighted by Gasteiger charge is 2.36. The van der Waals surface area contributed by atoms with Crippen LogP contribution in [0.2, 0.25) is 0 Å². The van der Waals surface area contributed by atoms with Gasteiger partial charge in [0.15, 0.2) is 0 Å². The lowest BCUT2D eigenvalue weighted by Gasteiger charge is -2.29. The van der Waals surface area contributed by atoms with Crippen molar-refractivity contribution in [3.63, 3.8) is 0 Å². The summed E-state index contributed by atoms with van der Waals surface area (Å²) in [6.45, 7) is 5.06. The van der Waals surface area contributed by atoms with E-state index in [0.29, 0.717) is 0 Å². The number of nitrogens with zero attached hydrogens (tertiary/aromatic N) is 1. The van der Waals surface area contributed by atoms with Crippen molar-refractivity contribution in [1.82, 2.24) is 9.62 Å². The van der Waals surface area contributed by atoms with Crippen molar-refractivity contribution in [2.45, 2.75) is 50.3 Å². The zero-order chi connectivity index (χ0) is 11.6. The van der Waals surface area contributed by atoms with Gasteiger partial charge < -0.3 is 4.90 Å². The molecule has 0 spiro atoms. The SMILES string of the molecule is CC(CN1CCCCC1)NS(=O)(=O)C1CC1. The Bertz CT molecular complexity index is 319. The van der Waals surface area contributed by atoms with E-state index in [1.54, 1.807) is 0 Å². The van der Waals surface area contributed by atoms with Crippen molar-refractivity contribution in [2.24, 2.45) is 0 Å². The first kappa shape index (κ1) is 12.3. The number of sulfonamides is 1. The summed E-state index contributed by atoms with van der Waals surface area (Å²) in [5.74, 6) is 0. The molecule has 0 amide bonds. The molecule has 16 heavy (non-hydrogen) atoms. The molecule has 0 aromatic rings. The van der Waals surface area contributed by atoms with Gasteiger partial charge in [-0.05, 0) is 45.7 Å². The van der Waals surface area contributed by atoms with Gasteiger partial charge in [0.1, 0.15) is 0 Å². The van der Waals surface area contributed by atoms with Crippen LogP contribution in [0.15, 0.2) is 0 Å². The van der Waals surface area contributed by atoms with Crippen LogP contribution in [0.25, 0.3) is 0 Å². The van der Waals surface area contributed by atoms with Gasteiger partial charge in [-0.15, -0.1) is 0 Å². The molecule has 1 aliphatic heterocycles. The molecular weight excluding hydrogens is 224 g/mol. The monoisotopic (exact) mass is 246 g/mol. The largest absolute Gasteiger partial charge is 0.302 e. The van der Waals surface area contributed by atoms with Gasteiger partial charge in [0, 0.05) is 12.6 Å². The van der Waals surface area contributed by atoms with E-state index in [2.05, 4.69) is 9.62 Å². The van der Waals surface area contributed by atoms with Crippen molar-refractivity contribution in [3.05, 3.63) is 0 Å². The van der Waals surface area contributed by atoms with Gasteiger partial charge in [0.05, 0.1) is 5.25 Å². The van der Waals surface area contributed by atoms with E-state index >= 15 is 0 Å². The summed E-state index contributed by atoms with van der Waals surface area (Å²) < 4.78 is 26.2. The summed E-state index contributed by atoms with van der Waals surface area (Å²) in [4.78, 5) is 2.36. The highest BCUT2D eigenvalue weighted by atomic mass is 32.2. The smallest absolute Gasteiger partial charge is 0.214 e. The first-order valence-corrected chi connectivity index (χ1v) is 7.86.